The number of anilines is 1. The highest BCUT2D eigenvalue weighted by Gasteiger charge is 2.30. The molecule has 0 spiro atoms. The molecule has 0 bridgehead atoms. The highest BCUT2D eigenvalue weighted by atomic mass is 16.3. The first-order chi connectivity index (χ1) is 10.0. The van der Waals surface area contributed by atoms with E-state index >= 15 is 0 Å². The van der Waals surface area contributed by atoms with Gasteiger partial charge in [-0.3, -0.25) is 0 Å². The van der Waals surface area contributed by atoms with Crippen LogP contribution in [0.4, 0.5) is 5.69 Å². The van der Waals surface area contributed by atoms with Crippen molar-refractivity contribution in [1.29, 1.82) is 0 Å². The molecule has 1 aromatic carbocycles. The summed E-state index contributed by atoms with van der Waals surface area (Å²) >= 11 is 0. The molecule has 1 N–H and O–H groups in total. The van der Waals surface area contributed by atoms with Gasteiger partial charge in [-0.05, 0) is 48.8 Å². The van der Waals surface area contributed by atoms with Crippen molar-refractivity contribution < 1.29 is 4.42 Å². The van der Waals surface area contributed by atoms with Gasteiger partial charge in [-0.1, -0.05) is 27.2 Å². The first-order valence-electron chi connectivity index (χ1n) is 8.16. The maximum Gasteiger partial charge on any atom is 0.192 e. The van der Waals surface area contributed by atoms with Crippen molar-refractivity contribution in [2.45, 2.75) is 53.0 Å². The van der Waals surface area contributed by atoms with Crippen LogP contribution in [-0.2, 0) is 0 Å². The fourth-order valence-corrected chi connectivity index (χ4v) is 3.71. The van der Waals surface area contributed by atoms with E-state index in [2.05, 4.69) is 43.2 Å². The minimum Gasteiger partial charge on any atom is -0.441 e. The molecule has 21 heavy (non-hydrogen) atoms. The van der Waals surface area contributed by atoms with Gasteiger partial charge >= 0.3 is 0 Å². The molecule has 1 heterocycles. The third-order valence-corrected chi connectivity index (χ3v) is 4.87. The van der Waals surface area contributed by atoms with Crippen LogP contribution < -0.4 is 5.32 Å². The highest BCUT2D eigenvalue weighted by Crippen LogP contribution is 2.35. The molecule has 3 heteroatoms. The lowest BCUT2D eigenvalue weighted by Gasteiger charge is -2.38. The second-order valence-electron chi connectivity index (χ2n) is 6.99. The summed E-state index contributed by atoms with van der Waals surface area (Å²) in [6.07, 6.45) is 3.96. The molecule has 3 rings (SSSR count). The molecular weight excluding hydrogens is 260 g/mol. The van der Waals surface area contributed by atoms with Gasteiger partial charge in [0.2, 0.25) is 0 Å². The molecule has 3 unspecified atom stereocenters. The molecule has 2 aromatic rings. The number of nitrogens with zero attached hydrogens (tertiary/aromatic N) is 1. The second-order valence-corrected chi connectivity index (χ2v) is 6.99. The van der Waals surface area contributed by atoms with Gasteiger partial charge in [0.1, 0.15) is 5.52 Å². The summed E-state index contributed by atoms with van der Waals surface area (Å²) in [4.78, 5) is 4.43. The smallest absolute Gasteiger partial charge is 0.192 e. The van der Waals surface area contributed by atoms with E-state index in [1.807, 2.05) is 13.0 Å². The highest BCUT2D eigenvalue weighted by molar-refractivity contribution is 5.77. The molecule has 0 radical (unpaired) electrons. The first kappa shape index (κ1) is 14.4. The van der Waals surface area contributed by atoms with Crippen LogP contribution in [-0.4, -0.2) is 11.0 Å². The lowest BCUT2D eigenvalue weighted by atomic mass is 9.74. The molecule has 114 valence electrons. The zero-order valence-electron chi connectivity index (χ0n) is 13.5. The number of oxazole rings is 1. The van der Waals surface area contributed by atoms with Crippen LogP contribution in [0.15, 0.2) is 22.6 Å². The van der Waals surface area contributed by atoms with E-state index in [4.69, 9.17) is 4.42 Å². The van der Waals surface area contributed by atoms with Crippen LogP contribution >= 0.6 is 0 Å². The average molecular weight is 286 g/mol. The summed E-state index contributed by atoms with van der Waals surface area (Å²) in [6, 6.07) is 6.82. The van der Waals surface area contributed by atoms with Gasteiger partial charge in [0, 0.05) is 18.7 Å². The zero-order chi connectivity index (χ0) is 15.0. The zero-order valence-corrected chi connectivity index (χ0v) is 13.5. The molecule has 0 amide bonds. The Balaban J connectivity index is 1.81. The second kappa shape index (κ2) is 5.70. The minimum absolute atomic E-state index is 0.569. The Labute approximate surface area is 127 Å². The lowest BCUT2D eigenvalue weighted by molar-refractivity contribution is 0.212. The summed E-state index contributed by atoms with van der Waals surface area (Å²) in [5.74, 6) is 3.04. The van der Waals surface area contributed by atoms with Gasteiger partial charge < -0.3 is 9.73 Å². The minimum atomic E-state index is 0.569. The number of aromatic nitrogens is 1. The predicted octanol–water partition coefficient (Wildman–Crippen LogP) is 5.01. The Morgan fingerprint density at radius 2 is 2.10 bits per heavy atom. The predicted molar refractivity (Wildman–Crippen MR) is 87.5 cm³/mol. The van der Waals surface area contributed by atoms with E-state index in [1.54, 1.807) is 0 Å². The standard InChI is InChI=1S/C18H26N2O/c1-11(2)15-7-5-12(3)9-16(15)20-14-6-8-18-17(10-14)19-13(4)21-18/h6,8,10-12,15-16,20H,5,7,9H2,1-4H3. The van der Waals surface area contributed by atoms with Crippen molar-refractivity contribution in [1.82, 2.24) is 4.98 Å². The largest absolute Gasteiger partial charge is 0.441 e. The number of hydrogen-bond donors (Lipinski definition) is 1. The Kier molecular flexibility index (Phi) is 3.92. The fraction of sp³-hybridized carbons (Fsp3) is 0.611. The molecular formula is C18H26N2O. The quantitative estimate of drug-likeness (QED) is 0.862. The van der Waals surface area contributed by atoms with E-state index in [-0.39, 0.29) is 0 Å². The van der Waals surface area contributed by atoms with E-state index in [9.17, 15) is 0 Å². The van der Waals surface area contributed by atoms with Crippen molar-refractivity contribution in [2.75, 3.05) is 5.32 Å². The molecule has 0 saturated heterocycles. The molecule has 3 atom stereocenters. The monoisotopic (exact) mass is 286 g/mol. The Hall–Kier alpha value is -1.51. The average Bonchev–Trinajstić information content (AvgIpc) is 2.77. The molecule has 1 aliphatic carbocycles. The van der Waals surface area contributed by atoms with Gasteiger partial charge in [0.05, 0.1) is 0 Å². The summed E-state index contributed by atoms with van der Waals surface area (Å²) in [5, 5.41) is 3.76. The van der Waals surface area contributed by atoms with Crippen LogP contribution in [0.1, 0.15) is 45.9 Å². The van der Waals surface area contributed by atoms with Crippen molar-refractivity contribution >= 4 is 16.8 Å². The molecule has 1 saturated carbocycles. The number of hydrogen-bond acceptors (Lipinski definition) is 3. The Morgan fingerprint density at radius 3 is 2.86 bits per heavy atom. The Morgan fingerprint density at radius 1 is 1.29 bits per heavy atom. The number of nitrogens with one attached hydrogen (secondary N) is 1. The lowest BCUT2D eigenvalue weighted by Crippen LogP contribution is -2.37. The van der Waals surface area contributed by atoms with Crippen LogP contribution in [0.25, 0.3) is 11.1 Å². The number of benzene rings is 1. The maximum atomic E-state index is 5.55. The first-order valence-corrected chi connectivity index (χ1v) is 8.16. The third kappa shape index (κ3) is 3.07. The normalized spacial score (nSPS) is 26.4. The third-order valence-electron chi connectivity index (χ3n) is 4.87. The van der Waals surface area contributed by atoms with Gasteiger partial charge in [-0.25, -0.2) is 4.98 Å². The molecule has 1 aliphatic rings. The van der Waals surface area contributed by atoms with Crippen molar-refractivity contribution in [3.8, 4) is 0 Å². The van der Waals surface area contributed by atoms with Gasteiger partial charge in [0.25, 0.3) is 0 Å². The molecule has 0 aliphatic heterocycles. The van der Waals surface area contributed by atoms with E-state index in [1.165, 1.54) is 24.9 Å². The topological polar surface area (TPSA) is 38.1 Å². The molecule has 1 fully saturated rings. The van der Waals surface area contributed by atoms with Gasteiger partial charge in [-0.15, -0.1) is 0 Å². The van der Waals surface area contributed by atoms with Crippen molar-refractivity contribution in [2.24, 2.45) is 17.8 Å². The number of rotatable bonds is 3. The summed E-state index contributed by atoms with van der Waals surface area (Å²) < 4.78 is 5.55. The molecule has 1 aromatic heterocycles. The maximum absolute atomic E-state index is 5.55. The number of fused-ring (bicyclic) bond motifs is 1. The van der Waals surface area contributed by atoms with Crippen molar-refractivity contribution in [3.05, 3.63) is 24.1 Å². The van der Waals surface area contributed by atoms with E-state index in [0.717, 1.165) is 34.7 Å². The SMILES string of the molecule is Cc1nc2cc(NC3CC(C)CCC3C(C)C)ccc2o1. The van der Waals surface area contributed by atoms with Crippen LogP contribution in [0, 0.1) is 24.7 Å². The van der Waals surface area contributed by atoms with Crippen LogP contribution in [0.5, 0.6) is 0 Å². The van der Waals surface area contributed by atoms with Crippen molar-refractivity contribution in [3.63, 3.8) is 0 Å². The van der Waals surface area contributed by atoms with Crippen LogP contribution in [0.2, 0.25) is 0 Å². The molecule has 3 nitrogen and oxygen atoms in total. The Bertz CT molecular complexity index is 617. The van der Waals surface area contributed by atoms with Gasteiger partial charge in [-0.2, -0.15) is 0 Å². The van der Waals surface area contributed by atoms with Crippen LogP contribution in [0.3, 0.4) is 0 Å². The van der Waals surface area contributed by atoms with E-state index < -0.39 is 0 Å². The van der Waals surface area contributed by atoms with Gasteiger partial charge in [0.15, 0.2) is 11.5 Å². The fourth-order valence-electron chi connectivity index (χ4n) is 3.71. The van der Waals surface area contributed by atoms with E-state index in [0.29, 0.717) is 6.04 Å². The summed E-state index contributed by atoms with van der Waals surface area (Å²) in [5.41, 5.74) is 2.98. The summed E-state index contributed by atoms with van der Waals surface area (Å²) in [6.45, 7) is 8.96. The summed E-state index contributed by atoms with van der Waals surface area (Å²) in [7, 11) is 0. The number of aryl methyl sites for hydroxylation is 1.